The molecule has 1 spiro atoms. The molecule has 3 fully saturated rings. The fraction of sp³-hybridized carbons (Fsp3) is 1.00. The summed E-state index contributed by atoms with van der Waals surface area (Å²) in [5.41, 5.74) is 0. The lowest BCUT2D eigenvalue weighted by Crippen LogP contribution is -2.38. The molecule has 4 heteroatoms. The molecule has 3 rings (SSSR count). The van der Waals surface area contributed by atoms with Gasteiger partial charge in [0.1, 0.15) is 0 Å². The van der Waals surface area contributed by atoms with Crippen molar-refractivity contribution in [2.45, 2.75) is 44.0 Å². The van der Waals surface area contributed by atoms with Gasteiger partial charge in [-0.15, -0.1) is 0 Å². The number of hydrogen-bond donors (Lipinski definition) is 0. The van der Waals surface area contributed by atoms with Gasteiger partial charge in [0.15, 0.2) is 5.79 Å². The molecule has 98 valence electrons. The Morgan fingerprint density at radius 1 is 1.00 bits per heavy atom. The third-order valence-electron chi connectivity index (χ3n) is 4.10. The summed E-state index contributed by atoms with van der Waals surface area (Å²) >= 11 is 0. The van der Waals surface area contributed by atoms with Crippen LogP contribution in [0.2, 0.25) is 0 Å². The molecular weight excluding hydrogens is 220 g/mol. The van der Waals surface area contributed by atoms with Crippen LogP contribution in [-0.2, 0) is 18.9 Å². The zero-order valence-electron chi connectivity index (χ0n) is 10.4. The highest BCUT2D eigenvalue weighted by Gasteiger charge is 2.40. The zero-order chi connectivity index (χ0) is 11.6. The van der Waals surface area contributed by atoms with Gasteiger partial charge < -0.3 is 18.9 Å². The van der Waals surface area contributed by atoms with Crippen molar-refractivity contribution in [2.75, 3.05) is 33.0 Å². The lowest BCUT2D eigenvalue weighted by Gasteiger charge is -2.35. The van der Waals surface area contributed by atoms with Gasteiger partial charge in [0.05, 0.1) is 32.5 Å². The second kappa shape index (κ2) is 5.22. The van der Waals surface area contributed by atoms with E-state index in [1.807, 2.05) is 0 Å². The van der Waals surface area contributed by atoms with Crippen LogP contribution in [0.1, 0.15) is 32.1 Å². The lowest BCUT2D eigenvalue weighted by molar-refractivity contribution is -0.192. The molecule has 0 aromatic carbocycles. The summed E-state index contributed by atoms with van der Waals surface area (Å²) in [6.45, 7) is 4.15. The standard InChI is InChI=1S/C13H22O4/c1-4-13(16-7-8-17-13)5-2-12(1)15-10-11-3-6-14-9-11/h11-12H,1-10H2. The fourth-order valence-electron chi connectivity index (χ4n) is 2.97. The van der Waals surface area contributed by atoms with Crippen LogP contribution in [0.15, 0.2) is 0 Å². The first-order chi connectivity index (χ1) is 8.36. The van der Waals surface area contributed by atoms with Crippen molar-refractivity contribution in [3.05, 3.63) is 0 Å². The van der Waals surface area contributed by atoms with Crippen LogP contribution in [0, 0.1) is 5.92 Å². The van der Waals surface area contributed by atoms with Crippen LogP contribution < -0.4 is 0 Å². The van der Waals surface area contributed by atoms with E-state index in [1.54, 1.807) is 0 Å². The molecule has 1 unspecified atom stereocenters. The van der Waals surface area contributed by atoms with Crippen LogP contribution in [0.5, 0.6) is 0 Å². The molecule has 2 saturated heterocycles. The van der Waals surface area contributed by atoms with Gasteiger partial charge in [-0.05, 0) is 19.3 Å². The quantitative estimate of drug-likeness (QED) is 0.755. The van der Waals surface area contributed by atoms with E-state index in [1.165, 1.54) is 0 Å². The van der Waals surface area contributed by atoms with E-state index in [2.05, 4.69) is 0 Å². The van der Waals surface area contributed by atoms with Gasteiger partial charge in [-0.25, -0.2) is 0 Å². The molecule has 4 nitrogen and oxygen atoms in total. The number of rotatable bonds is 3. The normalized spacial score (nSPS) is 33.5. The van der Waals surface area contributed by atoms with Gasteiger partial charge in [-0.3, -0.25) is 0 Å². The van der Waals surface area contributed by atoms with Crippen molar-refractivity contribution in [3.8, 4) is 0 Å². The predicted octanol–water partition coefficient (Wildman–Crippen LogP) is 1.73. The van der Waals surface area contributed by atoms with Gasteiger partial charge in [0.2, 0.25) is 0 Å². The van der Waals surface area contributed by atoms with Crippen molar-refractivity contribution >= 4 is 0 Å². The summed E-state index contributed by atoms with van der Waals surface area (Å²) in [6.07, 6.45) is 5.65. The Kier molecular flexibility index (Phi) is 3.66. The van der Waals surface area contributed by atoms with E-state index >= 15 is 0 Å². The first-order valence-corrected chi connectivity index (χ1v) is 6.84. The molecule has 0 bridgehead atoms. The molecule has 0 N–H and O–H groups in total. The maximum atomic E-state index is 5.98. The highest BCUT2D eigenvalue weighted by atomic mass is 16.7. The Labute approximate surface area is 103 Å². The predicted molar refractivity (Wildman–Crippen MR) is 61.8 cm³/mol. The second-order valence-electron chi connectivity index (χ2n) is 5.37. The van der Waals surface area contributed by atoms with Gasteiger partial charge >= 0.3 is 0 Å². The average molecular weight is 242 g/mol. The third-order valence-corrected chi connectivity index (χ3v) is 4.10. The molecular formula is C13H22O4. The maximum Gasteiger partial charge on any atom is 0.168 e. The van der Waals surface area contributed by atoms with Crippen molar-refractivity contribution in [1.29, 1.82) is 0 Å². The maximum absolute atomic E-state index is 5.98. The van der Waals surface area contributed by atoms with Crippen molar-refractivity contribution in [2.24, 2.45) is 5.92 Å². The largest absolute Gasteiger partial charge is 0.381 e. The summed E-state index contributed by atoms with van der Waals surface area (Å²) < 4.78 is 22.8. The molecule has 1 aliphatic carbocycles. The first kappa shape index (κ1) is 11.9. The molecule has 2 aliphatic heterocycles. The summed E-state index contributed by atoms with van der Waals surface area (Å²) in [6, 6.07) is 0. The number of hydrogen-bond acceptors (Lipinski definition) is 4. The molecule has 0 aromatic heterocycles. The van der Waals surface area contributed by atoms with E-state index < -0.39 is 0 Å². The monoisotopic (exact) mass is 242 g/mol. The van der Waals surface area contributed by atoms with E-state index in [0.29, 0.717) is 12.0 Å². The highest BCUT2D eigenvalue weighted by molar-refractivity contribution is 4.83. The van der Waals surface area contributed by atoms with E-state index in [0.717, 1.165) is 65.1 Å². The van der Waals surface area contributed by atoms with Crippen LogP contribution in [-0.4, -0.2) is 44.9 Å². The molecule has 3 aliphatic rings. The highest BCUT2D eigenvalue weighted by Crippen LogP contribution is 2.36. The smallest absolute Gasteiger partial charge is 0.168 e. The Balaban J connectivity index is 1.39. The average Bonchev–Trinajstić information content (AvgIpc) is 3.01. The zero-order valence-corrected chi connectivity index (χ0v) is 10.4. The Hall–Kier alpha value is -0.160. The van der Waals surface area contributed by atoms with Gasteiger partial charge in [-0.1, -0.05) is 0 Å². The summed E-state index contributed by atoms with van der Waals surface area (Å²) in [5.74, 6) is 0.362. The van der Waals surface area contributed by atoms with Gasteiger partial charge in [0, 0.05) is 25.4 Å². The molecule has 17 heavy (non-hydrogen) atoms. The third kappa shape index (κ3) is 2.81. The van der Waals surface area contributed by atoms with Crippen LogP contribution in [0.3, 0.4) is 0 Å². The SMILES string of the molecule is C1CC(COC2CCC3(CC2)OCCO3)CO1. The van der Waals surface area contributed by atoms with E-state index in [4.69, 9.17) is 18.9 Å². The molecule has 0 aromatic rings. The minimum atomic E-state index is -0.254. The Morgan fingerprint density at radius 3 is 2.41 bits per heavy atom. The fourth-order valence-corrected chi connectivity index (χ4v) is 2.97. The Morgan fingerprint density at radius 2 is 1.76 bits per heavy atom. The minimum Gasteiger partial charge on any atom is -0.381 e. The lowest BCUT2D eigenvalue weighted by atomic mass is 9.91. The van der Waals surface area contributed by atoms with Crippen LogP contribution in [0.25, 0.3) is 0 Å². The molecule has 1 atom stereocenters. The summed E-state index contributed by atoms with van der Waals surface area (Å²) in [7, 11) is 0. The topological polar surface area (TPSA) is 36.9 Å². The molecule has 2 heterocycles. The second-order valence-corrected chi connectivity index (χ2v) is 5.37. The van der Waals surface area contributed by atoms with Crippen molar-refractivity contribution in [3.63, 3.8) is 0 Å². The van der Waals surface area contributed by atoms with Gasteiger partial charge in [0.25, 0.3) is 0 Å². The van der Waals surface area contributed by atoms with Crippen molar-refractivity contribution < 1.29 is 18.9 Å². The first-order valence-electron chi connectivity index (χ1n) is 6.84. The van der Waals surface area contributed by atoms with E-state index in [-0.39, 0.29) is 5.79 Å². The molecule has 0 amide bonds. The number of ether oxygens (including phenoxy) is 4. The van der Waals surface area contributed by atoms with E-state index in [9.17, 15) is 0 Å². The molecule has 0 radical (unpaired) electrons. The van der Waals surface area contributed by atoms with Gasteiger partial charge in [-0.2, -0.15) is 0 Å². The molecule has 1 saturated carbocycles. The summed E-state index contributed by atoms with van der Waals surface area (Å²) in [4.78, 5) is 0. The van der Waals surface area contributed by atoms with Crippen LogP contribution in [0.4, 0.5) is 0 Å². The summed E-state index contributed by atoms with van der Waals surface area (Å²) in [5, 5.41) is 0. The van der Waals surface area contributed by atoms with Crippen LogP contribution >= 0.6 is 0 Å². The van der Waals surface area contributed by atoms with Crippen molar-refractivity contribution in [1.82, 2.24) is 0 Å². The minimum absolute atomic E-state index is 0.254. The Bertz CT molecular complexity index is 231.